The van der Waals surface area contributed by atoms with Crippen LogP contribution in [0.1, 0.15) is 17.0 Å². The molecule has 36 heavy (non-hydrogen) atoms. The van der Waals surface area contributed by atoms with E-state index < -0.39 is 0 Å². The second-order valence-corrected chi connectivity index (χ2v) is 12.4. The first-order valence-electron chi connectivity index (χ1n) is 11.4. The number of halogens is 4. The summed E-state index contributed by atoms with van der Waals surface area (Å²) in [6.45, 7) is 0.819. The highest BCUT2D eigenvalue weighted by Gasteiger charge is 2.23. The van der Waals surface area contributed by atoms with Crippen LogP contribution in [0, 0.1) is 0 Å². The second kappa shape index (κ2) is 13.0. The van der Waals surface area contributed by atoms with Crippen LogP contribution in [0.4, 0.5) is 0 Å². The minimum Gasteiger partial charge on any atom is -0.309 e. The molecule has 0 saturated carbocycles. The third kappa shape index (κ3) is 7.17. The number of benzene rings is 4. The summed E-state index contributed by atoms with van der Waals surface area (Å²) in [7, 11) is 4.16. The van der Waals surface area contributed by atoms with Crippen molar-refractivity contribution in [2.75, 3.05) is 20.6 Å². The van der Waals surface area contributed by atoms with Gasteiger partial charge in [0.1, 0.15) is 0 Å². The SMILES string of the molecule is CN(C)C[C@H](Cc1cc(Cl)cc(Cl)c1Sc1ccccc1)c1ccc(Cl)c(Cl)c1Sc1ccccc1. The van der Waals surface area contributed by atoms with Crippen molar-refractivity contribution < 1.29 is 0 Å². The molecular weight excluding hydrogens is 568 g/mol. The lowest BCUT2D eigenvalue weighted by Gasteiger charge is -2.26. The molecular formula is C29H25Cl4NS2. The van der Waals surface area contributed by atoms with Gasteiger partial charge in [-0.25, -0.2) is 0 Å². The molecule has 1 atom stereocenters. The number of likely N-dealkylation sites (N-methyl/N-ethyl adjacent to an activating group) is 1. The molecule has 4 rings (SSSR count). The van der Waals surface area contributed by atoms with Gasteiger partial charge in [0, 0.05) is 37.1 Å². The molecule has 186 valence electrons. The third-order valence-electron chi connectivity index (χ3n) is 5.58. The van der Waals surface area contributed by atoms with Crippen LogP contribution in [0.3, 0.4) is 0 Å². The summed E-state index contributed by atoms with van der Waals surface area (Å²) in [5, 5.41) is 2.41. The fourth-order valence-corrected chi connectivity index (χ4v) is 7.24. The van der Waals surface area contributed by atoms with E-state index >= 15 is 0 Å². The monoisotopic (exact) mass is 591 g/mol. The number of hydrogen-bond donors (Lipinski definition) is 0. The quantitative estimate of drug-likeness (QED) is 0.190. The molecule has 0 aromatic heterocycles. The highest BCUT2D eigenvalue weighted by molar-refractivity contribution is 7.99. The Kier molecular flexibility index (Phi) is 9.99. The maximum Gasteiger partial charge on any atom is 0.0734 e. The lowest BCUT2D eigenvalue weighted by atomic mass is 9.91. The molecule has 0 aliphatic carbocycles. The first kappa shape index (κ1) is 27.7. The Hall–Kier alpha value is -1.30. The molecule has 0 bridgehead atoms. The second-order valence-electron chi connectivity index (χ2n) is 8.65. The maximum atomic E-state index is 6.81. The molecule has 0 unspecified atom stereocenters. The van der Waals surface area contributed by atoms with Crippen LogP contribution in [0.2, 0.25) is 20.1 Å². The molecule has 0 aliphatic heterocycles. The van der Waals surface area contributed by atoms with Crippen molar-refractivity contribution in [2.45, 2.75) is 31.9 Å². The fourth-order valence-electron chi connectivity index (χ4n) is 4.04. The van der Waals surface area contributed by atoms with Crippen molar-refractivity contribution in [3.8, 4) is 0 Å². The van der Waals surface area contributed by atoms with Gasteiger partial charge in [0.2, 0.25) is 0 Å². The van der Waals surface area contributed by atoms with Gasteiger partial charge in [0.05, 0.1) is 15.1 Å². The van der Waals surface area contributed by atoms with E-state index in [1.807, 2.05) is 54.6 Å². The van der Waals surface area contributed by atoms with Crippen LogP contribution in [0.5, 0.6) is 0 Å². The fraction of sp³-hybridized carbons (Fsp3) is 0.172. The Morgan fingerprint density at radius 2 is 1.28 bits per heavy atom. The molecule has 0 amide bonds. The molecule has 0 aliphatic rings. The van der Waals surface area contributed by atoms with Crippen LogP contribution in [-0.4, -0.2) is 25.5 Å². The van der Waals surface area contributed by atoms with Crippen molar-refractivity contribution in [1.82, 2.24) is 4.90 Å². The summed E-state index contributed by atoms with van der Waals surface area (Å²) in [4.78, 5) is 6.43. The number of nitrogens with zero attached hydrogens (tertiary/aromatic N) is 1. The molecule has 0 N–H and O–H groups in total. The van der Waals surface area contributed by atoms with Gasteiger partial charge in [-0.2, -0.15) is 0 Å². The predicted molar refractivity (Wildman–Crippen MR) is 159 cm³/mol. The minimum absolute atomic E-state index is 0.130. The van der Waals surface area contributed by atoms with Gasteiger partial charge in [-0.05, 0) is 74.1 Å². The summed E-state index contributed by atoms with van der Waals surface area (Å²) < 4.78 is 0. The van der Waals surface area contributed by atoms with Crippen molar-refractivity contribution >= 4 is 69.9 Å². The van der Waals surface area contributed by atoms with Crippen molar-refractivity contribution in [1.29, 1.82) is 0 Å². The van der Waals surface area contributed by atoms with E-state index in [9.17, 15) is 0 Å². The first-order valence-corrected chi connectivity index (χ1v) is 14.5. The van der Waals surface area contributed by atoms with Crippen LogP contribution >= 0.6 is 69.9 Å². The number of rotatable bonds is 9. The average Bonchev–Trinajstić information content (AvgIpc) is 2.85. The maximum absolute atomic E-state index is 6.81. The van der Waals surface area contributed by atoms with Gasteiger partial charge in [-0.15, -0.1) is 0 Å². The minimum atomic E-state index is 0.130. The van der Waals surface area contributed by atoms with E-state index in [2.05, 4.69) is 49.3 Å². The Morgan fingerprint density at radius 1 is 0.694 bits per heavy atom. The van der Waals surface area contributed by atoms with Gasteiger partial charge in [0.15, 0.2) is 0 Å². The molecule has 4 aromatic rings. The van der Waals surface area contributed by atoms with E-state index in [-0.39, 0.29) is 5.92 Å². The molecule has 0 heterocycles. The first-order chi connectivity index (χ1) is 17.3. The molecule has 0 radical (unpaired) electrons. The molecule has 0 fully saturated rings. The van der Waals surface area contributed by atoms with Crippen LogP contribution in [-0.2, 0) is 6.42 Å². The summed E-state index contributed by atoms with van der Waals surface area (Å²) in [5.74, 6) is 0.130. The lowest BCUT2D eigenvalue weighted by Crippen LogP contribution is -2.22. The summed E-state index contributed by atoms with van der Waals surface area (Å²) in [6, 6.07) is 28.3. The van der Waals surface area contributed by atoms with E-state index in [0.29, 0.717) is 20.1 Å². The van der Waals surface area contributed by atoms with Crippen LogP contribution in [0.15, 0.2) is 105 Å². The summed E-state index contributed by atoms with van der Waals surface area (Å²) in [5.41, 5.74) is 2.26. The predicted octanol–water partition coefficient (Wildman–Crippen LogP) is 10.5. The molecule has 0 spiro atoms. The third-order valence-corrected chi connectivity index (χ3v) is 9.47. The van der Waals surface area contributed by atoms with E-state index in [4.69, 9.17) is 46.4 Å². The van der Waals surface area contributed by atoms with Gasteiger partial charge in [-0.1, -0.05) is 112 Å². The summed E-state index contributed by atoms with van der Waals surface area (Å²) >= 11 is 29.8. The highest BCUT2D eigenvalue weighted by Crippen LogP contribution is 2.45. The van der Waals surface area contributed by atoms with E-state index in [0.717, 1.165) is 43.7 Å². The normalized spacial score (nSPS) is 12.2. The Balaban J connectivity index is 1.77. The highest BCUT2D eigenvalue weighted by atomic mass is 35.5. The Morgan fingerprint density at radius 3 is 1.86 bits per heavy atom. The zero-order chi connectivity index (χ0) is 25.7. The molecule has 1 nitrogen and oxygen atoms in total. The number of hydrogen-bond acceptors (Lipinski definition) is 3. The van der Waals surface area contributed by atoms with Crippen molar-refractivity contribution in [2.24, 2.45) is 0 Å². The van der Waals surface area contributed by atoms with Gasteiger partial charge in [-0.3, -0.25) is 0 Å². The Bertz CT molecular complexity index is 1310. The molecule has 7 heteroatoms. The molecule has 0 saturated heterocycles. The smallest absolute Gasteiger partial charge is 0.0734 e. The van der Waals surface area contributed by atoms with E-state index in [1.54, 1.807) is 23.5 Å². The summed E-state index contributed by atoms with van der Waals surface area (Å²) in [6.07, 6.45) is 0.744. The lowest BCUT2D eigenvalue weighted by molar-refractivity contribution is 0.369. The van der Waals surface area contributed by atoms with Crippen molar-refractivity contribution in [3.05, 3.63) is 116 Å². The van der Waals surface area contributed by atoms with Gasteiger partial charge < -0.3 is 4.90 Å². The average molecular weight is 593 g/mol. The Labute approximate surface area is 242 Å². The van der Waals surface area contributed by atoms with E-state index in [1.165, 1.54) is 0 Å². The molecule has 4 aromatic carbocycles. The standard InChI is InChI=1S/C29H25Cl4NS2/c1-34(2)18-20(24-13-14-25(31)27(33)29(24)36-23-11-7-4-8-12-23)15-19-16-21(30)17-26(32)28(19)35-22-9-5-3-6-10-22/h3-14,16-17,20H,15,18H2,1-2H3/t20-/m0/s1. The van der Waals surface area contributed by atoms with Crippen LogP contribution < -0.4 is 0 Å². The zero-order valence-electron chi connectivity index (χ0n) is 19.9. The topological polar surface area (TPSA) is 3.24 Å². The largest absolute Gasteiger partial charge is 0.309 e. The van der Waals surface area contributed by atoms with Gasteiger partial charge >= 0.3 is 0 Å². The van der Waals surface area contributed by atoms with Crippen molar-refractivity contribution in [3.63, 3.8) is 0 Å². The van der Waals surface area contributed by atoms with Gasteiger partial charge in [0.25, 0.3) is 0 Å². The van der Waals surface area contributed by atoms with Crippen LogP contribution in [0.25, 0.3) is 0 Å². The zero-order valence-corrected chi connectivity index (χ0v) is 24.5.